The van der Waals surface area contributed by atoms with Crippen molar-refractivity contribution in [2.75, 3.05) is 6.61 Å². The van der Waals surface area contributed by atoms with Crippen LogP contribution >= 0.6 is 11.6 Å². The van der Waals surface area contributed by atoms with Crippen LogP contribution in [0.2, 0.25) is 5.02 Å². The van der Waals surface area contributed by atoms with Gasteiger partial charge in [0.15, 0.2) is 5.78 Å². The third kappa shape index (κ3) is 5.67. The van der Waals surface area contributed by atoms with Gasteiger partial charge >= 0.3 is 0 Å². The van der Waals surface area contributed by atoms with Crippen LogP contribution in [-0.2, 0) is 26.1 Å². The molecule has 23 heavy (non-hydrogen) atoms. The normalized spacial score (nSPS) is 12.9. The molecule has 1 atom stereocenters. The fourth-order valence-corrected chi connectivity index (χ4v) is 2.80. The first-order valence-corrected chi connectivity index (χ1v) is 8.55. The number of ketones is 2. The Balaban J connectivity index is 2.86. The van der Waals surface area contributed by atoms with Gasteiger partial charge in [-0.05, 0) is 36.6 Å². The minimum Gasteiger partial charge on any atom is -0.389 e. The molecule has 1 rings (SSSR count). The number of nitrogens with two attached hydrogens (primary N) is 1. The van der Waals surface area contributed by atoms with Crippen LogP contribution < -0.4 is 5.73 Å². The van der Waals surface area contributed by atoms with Crippen LogP contribution in [0.25, 0.3) is 0 Å². The Labute approximate surface area is 139 Å². The van der Waals surface area contributed by atoms with Crippen molar-refractivity contribution in [3.63, 3.8) is 0 Å². The van der Waals surface area contributed by atoms with E-state index in [4.69, 9.17) is 27.0 Å². The van der Waals surface area contributed by atoms with E-state index in [1.54, 1.807) is 6.92 Å². The second kappa shape index (κ2) is 7.98. The number of carbonyl (C=O) groups excluding carboxylic acids is 2. The summed E-state index contributed by atoms with van der Waals surface area (Å²) < 4.78 is 31.5. The topological polar surface area (TPSA) is 135 Å². The Morgan fingerprint density at radius 2 is 1.96 bits per heavy atom. The van der Waals surface area contributed by atoms with Crippen LogP contribution in [0.5, 0.6) is 0 Å². The van der Waals surface area contributed by atoms with Gasteiger partial charge in [0.2, 0.25) is 0 Å². The monoisotopic (exact) mass is 363 g/mol. The summed E-state index contributed by atoms with van der Waals surface area (Å²) in [5, 5.41) is 8.79. The molecule has 0 bridgehead atoms. The van der Waals surface area contributed by atoms with Crippen molar-refractivity contribution in [2.24, 2.45) is 5.73 Å². The lowest BCUT2D eigenvalue weighted by atomic mass is 9.99. The van der Waals surface area contributed by atoms with E-state index in [1.165, 1.54) is 6.07 Å². The van der Waals surface area contributed by atoms with Crippen molar-refractivity contribution in [1.82, 2.24) is 0 Å². The van der Waals surface area contributed by atoms with Crippen molar-refractivity contribution in [1.29, 1.82) is 0 Å². The molecule has 0 saturated carbocycles. The number of hydrogen-bond acceptors (Lipinski definition) is 6. The lowest BCUT2D eigenvalue weighted by Gasteiger charge is -2.11. The van der Waals surface area contributed by atoms with Gasteiger partial charge in [-0.3, -0.25) is 14.1 Å². The Bertz CT molecular complexity index is 716. The van der Waals surface area contributed by atoms with Crippen molar-refractivity contribution in [2.45, 2.75) is 37.1 Å². The average molecular weight is 364 g/mol. The molecule has 0 amide bonds. The SMILES string of the molecule is Cc1c(Cl)cc(S(=O)(=O)O)cc1CC(=O)CC[C@H](N)C(=O)CO. The van der Waals surface area contributed by atoms with Gasteiger partial charge in [-0.25, -0.2) is 0 Å². The first kappa shape index (κ1) is 19.7. The fraction of sp³-hybridized carbons (Fsp3) is 0.429. The maximum Gasteiger partial charge on any atom is 0.294 e. The second-order valence-electron chi connectivity index (χ2n) is 5.15. The molecule has 4 N–H and O–H groups in total. The van der Waals surface area contributed by atoms with Crippen LogP contribution in [0.4, 0.5) is 0 Å². The van der Waals surface area contributed by atoms with Gasteiger partial charge < -0.3 is 10.8 Å². The molecule has 1 aromatic rings. The summed E-state index contributed by atoms with van der Waals surface area (Å²) in [6.07, 6.45) is -0.0159. The minimum atomic E-state index is -4.43. The molecule has 7 nitrogen and oxygen atoms in total. The van der Waals surface area contributed by atoms with Gasteiger partial charge in [-0.1, -0.05) is 11.6 Å². The molecule has 0 saturated heterocycles. The number of halogens is 1. The molecular formula is C14H18ClNO6S. The Morgan fingerprint density at radius 3 is 2.48 bits per heavy atom. The zero-order valence-corrected chi connectivity index (χ0v) is 14.0. The molecule has 0 aliphatic heterocycles. The maximum absolute atomic E-state index is 12.0. The zero-order valence-electron chi connectivity index (χ0n) is 12.5. The third-order valence-electron chi connectivity index (χ3n) is 3.41. The second-order valence-corrected chi connectivity index (χ2v) is 6.98. The number of Topliss-reactive ketones (excluding diaryl/α,β-unsaturated/α-hetero) is 2. The van der Waals surface area contributed by atoms with Gasteiger partial charge in [-0.2, -0.15) is 8.42 Å². The summed E-state index contributed by atoms with van der Waals surface area (Å²) in [5.41, 5.74) is 6.41. The molecule has 0 unspecified atom stereocenters. The standard InChI is InChI=1S/C14H18ClNO6S/c1-8-9(5-11(6-12(8)15)23(20,21)22)4-10(18)2-3-13(16)14(19)7-17/h5-6,13,17H,2-4,7,16H2,1H3,(H,20,21,22)/t13-/m0/s1. The molecule has 128 valence electrons. The van der Waals surface area contributed by atoms with Gasteiger partial charge in [0.1, 0.15) is 12.4 Å². The molecule has 1 aromatic carbocycles. The van der Waals surface area contributed by atoms with E-state index >= 15 is 0 Å². The predicted molar refractivity (Wildman–Crippen MR) is 84.0 cm³/mol. The average Bonchev–Trinajstić information content (AvgIpc) is 2.47. The van der Waals surface area contributed by atoms with E-state index in [0.29, 0.717) is 11.1 Å². The lowest BCUT2D eigenvalue weighted by molar-refractivity contribution is -0.123. The first-order valence-electron chi connectivity index (χ1n) is 6.73. The molecule has 9 heteroatoms. The largest absolute Gasteiger partial charge is 0.389 e. The lowest BCUT2D eigenvalue weighted by Crippen LogP contribution is -2.33. The van der Waals surface area contributed by atoms with E-state index in [2.05, 4.69) is 0 Å². The number of benzene rings is 1. The number of hydrogen-bond donors (Lipinski definition) is 3. The van der Waals surface area contributed by atoms with Gasteiger partial charge in [-0.15, -0.1) is 0 Å². The van der Waals surface area contributed by atoms with Gasteiger partial charge in [0.05, 0.1) is 10.9 Å². The van der Waals surface area contributed by atoms with Gasteiger partial charge in [0, 0.05) is 17.9 Å². The smallest absolute Gasteiger partial charge is 0.294 e. The van der Waals surface area contributed by atoms with Crippen LogP contribution in [0, 0.1) is 6.92 Å². The molecular weight excluding hydrogens is 346 g/mol. The summed E-state index contributed by atoms with van der Waals surface area (Å²) in [4.78, 5) is 22.7. The van der Waals surface area contributed by atoms with E-state index in [0.717, 1.165) is 6.07 Å². The molecule has 0 spiro atoms. The number of aliphatic hydroxyl groups is 1. The highest BCUT2D eigenvalue weighted by Gasteiger charge is 2.18. The van der Waals surface area contributed by atoms with Crippen LogP contribution in [0.1, 0.15) is 24.0 Å². The maximum atomic E-state index is 12.0. The summed E-state index contributed by atoms with van der Waals surface area (Å²) >= 11 is 5.92. The molecule has 0 fully saturated rings. The minimum absolute atomic E-state index is 0.0000678. The highest BCUT2D eigenvalue weighted by molar-refractivity contribution is 7.85. The highest BCUT2D eigenvalue weighted by Crippen LogP contribution is 2.25. The molecule has 0 aromatic heterocycles. The summed E-state index contributed by atoms with van der Waals surface area (Å²) in [7, 11) is -4.43. The molecule has 0 aliphatic rings. The highest BCUT2D eigenvalue weighted by atomic mass is 35.5. The van der Waals surface area contributed by atoms with Crippen LogP contribution in [0.3, 0.4) is 0 Å². The zero-order chi connectivity index (χ0) is 17.8. The van der Waals surface area contributed by atoms with E-state index < -0.39 is 28.6 Å². The van der Waals surface area contributed by atoms with E-state index in [9.17, 15) is 18.0 Å². The number of aliphatic hydroxyl groups excluding tert-OH is 1. The van der Waals surface area contributed by atoms with Crippen LogP contribution in [-0.4, -0.2) is 42.3 Å². The predicted octanol–water partition coefficient (Wildman–Crippen LogP) is 0.676. The van der Waals surface area contributed by atoms with Crippen LogP contribution in [0.15, 0.2) is 17.0 Å². The Kier molecular flexibility index (Phi) is 6.84. The van der Waals surface area contributed by atoms with Gasteiger partial charge in [0.25, 0.3) is 10.1 Å². The van der Waals surface area contributed by atoms with Crippen molar-refractivity contribution in [3.05, 3.63) is 28.3 Å². The fourth-order valence-electron chi connectivity index (χ4n) is 1.94. The summed E-state index contributed by atoms with van der Waals surface area (Å²) in [6, 6.07) is 1.38. The van der Waals surface area contributed by atoms with Crippen molar-refractivity contribution >= 4 is 33.3 Å². The van der Waals surface area contributed by atoms with Crippen molar-refractivity contribution in [3.8, 4) is 0 Å². The molecule has 0 heterocycles. The van der Waals surface area contributed by atoms with E-state index in [-0.39, 0.29) is 35.0 Å². The summed E-state index contributed by atoms with van der Waals surface area (Å²) in [5.74, 6) is -0.816. The first-order chi connectivity index (χ1) is 10.6. The number of rotatable bonds is 8. The molecule has 0 radical (unpaired) electrons. The van der Waals surface area contributed by atoms with Crippen molar-refractivity contribution < 1.29 is 27.7 Å². The Morgan fingerprint density at radius 1 is 1.35 bits per heavy atom. The number of carbonyl (C=O) groups is 2. The molecule has 0 aliphatic carbocycles. The van der Waals surface area contributed by atoms with E-state index in [1.807, 2.05) is 0 Å². The quantitative estimate of drug-likeness (QED) is 0.578. The Hall–Kier alpha value is -1.32. The summed E-state index contributed by atoms with van der Waals surface area (Å²) in [6.45, 7) is 0.945. The third-order valence-corrected chi connectivity index (χ3v) is 4.64.